The van der Waals surface area contributed by atoms with E-state index in [1.165, 1.54) is 0 Å². The van der Waals surface area contributed by atoms with Crippen LogP contribution in [0.15, 0.2) is 54.6 Å². The summed E-state index contributed by atoms with van der Waals surface area (Å²) in [5, 5.41) is 6.95. The summed E-state index contributed by atoms with van der Waals surface area (Å²) < 4.78 is 0. The molecule has 0 aliphatic carbocycles. The molecule has 2 rings (SSSR count). The van der Waals surface area contributed by atoms with E-state index in [9.17, 15) is 9.59 Å². The number of carbonyl (C=O) groups is 2. The number of rotatable bonds is 5. The van der Waals surface area contributed by atoms with Crippen molar-refractivity contribution in [3.63, 3.8) is 0 Å². The van der Waals surface area contributed by atoms with Crippen LogP contribution in [0.2, 0.25) is 0 Å². The van der Waals surface area contributed by atoms with Gasteiger partial charge in [-0.15, -0.1) is 0 Å². The van der Waals surface area contributed by atoms with Crippen molar-refractivity contribution in [3.05, 3.63) is 71.3 Å². The summed E-state index contributed by atoms with van der Waals surface area (Å²) >= 11 is 0. The van der Waals surface area contributed by atoms with Gasteiger partial charge in [-0.3, -0.25) is 9.59 Å². The summed E-state index contributed by atoms with van der Waals surface area (Å²) in [7, 11) is 0. The highest BCUT2D eigenvalue weighted by atomic mass is 16.1. The van der Waals surface area contributed by atoms with Crippen LogP contribution in [-0.2, 0) is 6.42 Å². The third-order valence-corrected chi connectivity index (χ3v) is 2.80. The van der Waals surface area contributed by atoms with Crippen molar-refractivity contribution in [2.45, 2.75) is 6.42 Å². The average molecular weight is 251 g/mol. The van der Waals surface area contributed by atoms with Gasteiger partial charge in [-0.2, -0.15) is 0 Å². The van der Waals surface area contributed by atoms with Crippen LogP contribution in [0.5, 0.6) is 0 Å². The first kappa shape index (κ1) is 12.9. The van der Waals surface area contributed by atoms with Gasteiger partial charge in [-0.25, -0.2) is 0 Å². The summed E-state index contributed by atoms with van der Waals surface area (Å²) in [6.45, 7) is 0. The van der Waals surface area contributed by atoms with E-state index in [1.54, 1.807) is 30.3 Å². The average Bonchev–Trinajstić information content (AvgIpc) is 2.47. The topological polar surface area (TPSA) is 58.0 Å². The Labute approximate surface area is 111 Å². The zero-order valence-corrected chi connectivity index (χ0v) is 10.3. The summed E-state index contributed by atoms with van der Waals surface area (Å²) in [5.41, 5.74) is 1.88. The van der Waals surface area contributed by atoms with E-state index >= 15 is 0 Å². The molecule has 0 heterocycles. The fourth-order valence-electron chi connectivity index (χ4n) is 1.83. The lowest BCUT2D eigenvalue weighted by Crippen LogP contribution is -2.05. The molecule has 0 spiro atoms. The predicted octanol–water partition coefficient (Wildman–Crippen LogP) is 2.94. The third kappa shape index (κ3) is 3.22. The maximum Gasteiger partial charge on any atom is 0.203 e. The Balaban J connectivity index is 2.18. The smallest absolute Gasteiger partial charge is 0.203 e. The SMILES string of the molecule is N=CC(=O)c1cccc(CC(=O)c2ccccc2)c1. The molecule has 2 aromatic carbocycles. The van der Waals surface area contributed by atoms with Crippen molar-refractivity contribution >= 4 is 17.8 Å². The fraction of sp³-hybridized carbons (Fsp3) is 0.0625. The molecule has 0 saturated carbocycles. The van der Waals surface area contributed by atoms with Crippen LogP contribution >= 0.6 is 0 Å². The Morgan fingerprint density at radius 3 is 2.32 bits per heavy atom. The largest absolute Gasteiger partial charge is 0.305 e. The van der Waals surface area contributed by atoms with Crippen LogP contribution in [0, 0.1) is 5.41 Å². The normalized spacial score (nSPS) is 9.89. The molecule has 94 valence electrons. The highest BCUT2D eigenvalue weighted by molar-refractivity contribution is 6.34. The zero-order chi connectivity index (χ0) is 13.7. The molecule has 0 amide bonds. The highest BCUT2D eigenvalue weighted by Crippen LogP contribution is 2.10. The monoisotopic (exact) mass is 251 g/mol. The molecule has 0 aromatic heterocycles. The lowest BCUT2D eigenvalue weighted by Gasteiger charge is -2.03. The van der Waals surface area contributed by atoms with Gasteiger partial charge in [-0.05, 0) is 11.6 Å². The number of ketones is 2. The molecular weight excluding hydrogens is 238 g/mol. The first-order valence-corrected chi connectivity index (χ1v) is 5.92. The number of hydrogen-bond acceptors (Lipinski definition) is 3. The molecule has 0 unspecified atom stereocenters. The molecule has 0 fully saturated rings. The van der Waals surface area contributed by atoms with E-state index in [0.29, 0.717) is 11.1 Å². The molecule has 0 bridgehead atoms. The summed E-state index contributed by atoms with van der Waals surface area (Å²) in [5.74, 6) is -0.339. The number of Topliss-reactive ketones (excluding diaryl/α,β-unsaturated/α-hetero) is 2. The maximum atomic E-state index is 12.0. The van der Waals surface area contributed by atoms with Crippen LogP contribution in [0.1, 0.15) is 26.3 Å². The minimum absolute atomic E-state index is 0.0139. The van der Waals surface area contributed by atoms with E-state index in [4.69, 9.17) is 5.41 Å². The molecule has 3 heteroatoms. The van der Waals surface area contributed by atoms with Crippen LogP contribution in [-0.4, -0.2) is 17.8 Å². The lowest BCUT2D eigenvalue weighted by molar-refractivity contribution is 0.0991. The van der Waals surface area contributed by atoms with E-state index in [-0.39, 0.29) is 18.0 Å². The van der Waals surface area contributed by atoms with Gasteiger partial charge in [0.25, 0.3) is 0 Å². The molecule has 0 aliphatic rings. The van der Waals surface area contributed by atoms with Crippen molar-refractivity contribution < 1.29 is 9.59 Å². The molecule has 0 radical (unpaired) electrons. The minimum Gasteiger partial charge on any atom is -0.305 e. The van der Waals surface area contributed by atoms with Crippen LogP contribution < -0.4 is 0 Å². The fourth-order valence-corrected chi connectivity index (χ4v) is 1.83. The molecule has 0 atom stereocenters. The van der Waals surface area contributed by atoms with Gasteiger partial charge in [0.1, 0.15) is 0 Å². The maximum absolute atomic E-state index is 12.0. The Morgan fingerprint density at radius 1 is 0.947 bits per heavy atom. The van der Waals surface area contributed by atoms with Crippen LogP contribution in [0.25, 0.3) is 0 Å². The first-order valence-electron chi connectivity index (χ1n) is 5.92. The Bertz CT molecular complexity index is 618. The van der Waals surface area contributed by atoms with Crippen molar-refractivity contribution in [3.8, 4) is 0 Å². The number of benzene rings is 2. The van der Waals surface area contributed by atoms with E-state index < -0.39 is 0 Å². The van der Waals surface area contributed by atoms with Crippen molar-refractivity contribution in [1.82, 2.24) is 0 Å². The molecule has 2 aromatic rings. The van der Waals surface area contributed by atoms with Gasteiger partial charge in [0.15, 0.2) is 5.78 Å². The third-order valence-electron chi connectivity index (χ3n) is 2.80. The molecular formula is C16H13NO2. The lowest BCUT2D eigenvalue weighted by atomic mass is 10.0. The standard InChI is InChI=1S/C16H13NO2/c17-11-16(19)14-8-4-5-12(9-14)10-15(18)13-6-2-1-3-7-13/h1-9,11,17H,10H2. The van der Waals surface area contributed by atoms with Crippen molar-refractivity contribution in [1.29, 1.82) is 5.41 Å². The number of nitrogens with one attached hydrogen (secondary N) is 1. The van der Waals surface area contributed by atoms with Crippen molar-refractivity contribution in [2.24, 2.45) is 0 Å². The van der Waals surface area contributed by atoms with Gasteiger partial charge < -0.3 is 5.41 Å². The first-order chi connectivity index (χ1) is 9.20. The molecule has 19 heavy (non-hydrogen) atoms. The Morgan fingerprint density at radius 2 is 1.63 bits per heavy atom. The second kappa shape index (κ2) is 5.87. The van der Waals surface area contributed by atoms with Crippen molar-refractivity contribution in [2.75, 3.05) is 0 Å². The Hall–Kier alpha value is -2.55. The summed E-state index contributed by atoms with van der Waals surface area (Å²) in [4.78, 5) is 23.4. The summed E-state index contributed by atoms with van der Waals surface area (Å²) in [6, 6.07) is 15.9. The van der Waals surface area contributed by atoms with Gasteiger partial charge in [0, 0.05) is 17.5 Å². The second-order valence-corrected chi connectivity index (χ2v) is 4.17. The predicted molar refractivity (Wildman–Crippen MR) is 74.0 cm³/mol. The van der Waals surface area contributed by atoms with Crippen LogP contribution in [0.3, 0.4) is 0 Å². The molecule has 0 saturated heterocycles. The quantitative estimate of drug-likeness (QED) is 0.656. The van der Waals surface area contributed by atoms with Gasteiger partial charge >= 0.3 is 0 Å². The van der Waals surface area contributed by atoms with E-state index in [0.717, 1.165) is 11.8 Å². The van der Waals surface area contributed by atoms with Gasteiger partial charge in [0.2, 0.25) is 5.78 Å². The Kier molecular flexibility index (Phi) is 3.98. The molecule has 0 aliphatic heterocycles. The van der Waals surface area contributed by atoms with E-state index in [1.807, 2.05) is 24.3 Å². The highest BCUT2D eigenvalue weighted by Gasteiger charge is 2.08. The van der Waals surface area contributed by atoms with E-state index in [2.05, 4.69) is 0 Å². The molecule has 1 N–H and O–H groups in total. The van der Waals surface area contributed by atoms with Crippen LogP contribution in [0.4, 0.5) is 0 Å². The van der Waals surface area contributed by atoms with Gasteiger partial charge in [0.05, 0.1) is 6.21 Å². The molecule has 3 nitrogen and oxygen atoms in total. The number of hydrogen-bond donors (Lipinski definition) is 1. The van der Waals surface area contributed by atoms with Gasteiger partial charge in [-0.1, -0.05) is 48.5 Å². The summed E-state index contributed by atoms with van der Waals surface area (Å²) in [6.07, 6.45) is 1.03. The number of carbonyl (C=O) groups excluding carboxylic acids is 2. The minimum atomic E-state index is -0.353. The second-order valence-electron chi connectivity index (χ2n) is 4.17. The zero-order valence-electron chi connectivity index (χ0n) is 10.3.